The van der Waals surface area contributed by atoms with Crippen molar-refractivity contribution in [1.82, 2.24) is 10.2 Å². The Morgan fingerprint density at radius 1 is 1.23 bits per heavy atom. The van der Waals surface area contributed by atoms with E-state index < -0.39 is 0 Å². The van der Waals surface area contributed by atoms with Gasteiger partial charge in [0.1, 0.15) is 0 Å². The van der Waals surface area contributed by atoms with Crippen molar-refractivity contribution in [1.29, 1.82) is 0 Å². The van der Waals surface area contributed by atoms with Gasteiger partial charge in [-0.3, -0.25) is 14.5 Å². The molecule has 1 aromatic carbocycles. The lowest BCUT2D eigenvalue weighted by molar-refractivity contribution is -0.121. The summed E-state index contributed by atoms with van der Waals surface area (Å²) in [5.41, 5.74) is 0.990. The Balaban J connectivity index is 1.58. The van der Waals surface area contributed by atoms with Gasteiger partial charge in [0, 0.05) is 32.2 Å². The lowest BCUT2D eigenvalue weighted by Crippen LogP contribution is -2.41. The van der Waals surface area contributed by atoms with Crippen LogP contribution in [-0.2, 0) is 9.59 Å². The molecule has 0 radical (unpaired) electrons. The van der Waals surface area contributed by atoms with Crippen LogP contribution < -0.4 is 10.2 Å². The number of benzene rings is 1. The van der Waals surface area contributed by atoms with Gasteiger partial charge in [0.2, 0.25) is 11.8 Å². The van der Waals surface area contributed by atoms with Gasteiger partial charge < -0.3 is 10.2 Å². The second kappa shape index (κ2) is 6.48. The third-order valence-corrected chi connectivity index (χ3v) is 4.64. The highest BCUT2D eigenvalue weighted by Gasteiger charge is 2.39. The minimum atomic E-state index is 0.00235. The van der Waals surface area contributed by atoms with Crippen LogP contribution in [0.2, 0.25) is 0 Å². The quantitative estimate of drug-likeness (QED) is 0.910. The van der Waals surface area contributed by atoms with E-state index in [0.29, 0.717) is 5.92 Å². The fourth-order valence-corrected chi connectivity index (χ4v) is 3.47. The van der Waals surface area contributed by atoms with Crippen LogP contribution in [0.4, 0.5) is 5.69 Å². The number of nitrogens with one attached hydrogen (secondary N) is 1. The second-order valence-corrected chi connectivity index (χ2v) is 6.22. The van der Waals surface area contributed by atoms with E-state index in [2.05, 4.69) is 10.2 Å². The molecule has 0 saturated carbocycles. The molecule has 5 nitrogen and oxygen atoms in total. The number of likely N-dealkylation sites (tertiary alicyclic amines) is 1. The first kappa shape index (κ1) is 15.0. The monoisotopic (exact) mass is 301 g/mol. The summed E-state index contributed by atoms with van der Waals surface area (Å²) in [4.78, 5) is 27.9. The lowest BCUT2D eigenvalue weighted by Gasteiger charge is -2.23. The molecule has 2 saturated heterocycles. The maximum absolute atomic E-state index is 12.7. The topological polar surface area (TPSA) is 52.7 Å². The number of rotatable bonds is 4. The van der Waals surface area contributed by atoms with Crippen LogP contribution in [0.15, 0.2) is 30.3 Å². The Kier molecular flexibility index (Phi) is 4.43. The summed E-state index contributed by atoms with van der Waals surface area (Å²) in [6, 6.07) is 9.88. The SMILES string of the molecule is CC(=O)NC[C@@H]1CCN([C@@H]2CCN(c3ccccc3)C2=O)C1. The predicted octanol–water partition coefficient (Wildman–Crippen LogP) is 1.25. The summed E-state index contributed by atoms with van der Waals surface area (Å²) < 4.78 is 0. The normalized spacial score (nSPS) is 25.7. The molecule has 1 N–H and O–H groups in total. The first-order chi connectivity index (χ1) is 10.6. The van der Waals surface area contributed by atoms with Gasteiger partial charge in [0.05, 0.1) is 6.04 Å². The van der Waals surface area contributed by atoms with Crippen LogP contribution in [0.25, 0.3) is 0 Å². The zero-order valence-electron chi connectivity index (χ0n) is 13.0. The van der Waals surface area contributed by atoms with Gasteiger partial charge in [0.15, 0.2) is 0 Å². The Bertz CT molecular complexity index is 546. The summed E-state index contributed by atoms with van der Waals surface area (Å²) in [7, 11) is 0. The lowest BCUT2D eigenvalue weighted by atomic mass is 10.1. The van der Waals surface area contributed by atoms with Gasteiger partial charge in [0.25, 0.3) is 0 Å². The highest BCUT2D eigenvalue weighted by molar-refractivity contribution is 5.99. The smallest absolute Gasteiger partial charge is 0.244 e. The van der Waals surface area contributed by atoms with Crippen molar-refractivity contribution in [2.75, 3.05) is 31.1 Å². The van der Waals surface area contributed by atoms with Crippen LogP contribution in [0.3, 0.4) is 0 Å². The molecular formula is C17H23N3O2. The van der Waals surface area contributed by atoms with E-state index in [1.165, 1.54) is 0 Å². The van der Waals surface area contributed by atoms with E-state index in [-0.39, 0.29) is 17.9 Å². The molecule has 0 aromatic heterocycles. The number of carbonyl (C=O) groups excluding carboxylic acids is 2. The molecule has 2 amide bonds. The Morgan fingerprint density at radius 2 is 2.00 bits per heavy atom. The van der Waals surface area contributed by atoms with Gasteiger partial charge in [-0.2, -0.15) is 0 Å². The summed E-state index contributed by atoms with van der Waals surface area (Å²) in [6.07, 6.45) is 1.94. The standard InChI is InChI=1S/C17H23N3O2/c1-13(21)18-11-14-7-9-19(12-14)16-8-10-20(17(16)22)15-5-3-2-4-6-15/h2-6,14,16H,7-12H2,1H3,(H,18,21)/t14-,16+/m0/s1. The maximum atomic E-state index is 12.7. The Morgan fingerprint density at radius 3 is 2.73 bits per heavy atom. The molecule has 0 bridgehead atoms. The van der Waals surface area contributed by atoms with Gasteiger partial charge in [-0.25, -0.2) is 0 Å². The zero-order valence-corrected chi connectivity index (χ0v) is 13.0. The van der Waals surface area contributed by atoms with Gasteiger partial charge in [-0.1, -0.05) is 18.2 Å². The molecule has 2 atom stereocenters. The Labute approximate surface area is 131 Å². The molecule has 2 fully saturated rings. The second-order valence-electron chi connectivity index (χ2n) is 6.22. The molecule has 3 rings (SSSR count). The van der Waals surface area contributed by atoms with E-state index in [9.17, 15) is 9.59 Å². The van der Waals surface area contributed by atoms with E-state index in [4.69, 9.17) is 0 Å². The van der Waals surface area contributed by atoms with Crippen LogP contribution in [-0.4, -0.2) is 48.9 Å². The molecule has 22 heavy (non-hydrogen) atoms. The first-order valence-corrected chi connectivity index (χ1v) is 8.00. The van der Waals surface area contributed by atoms with Gasteiger partial charge in [-0.15, -0.1) is 0 Å². The van der Waals surface area contributed by atoms with Gasteiger partial charge >= 0.3 is 0 Å². The fourth-order valence-electron chi connectivity index (χ4n) is 3.47. The Hall–Kier alpha value is -1.88. The molecule has 5 heteroatoms. The van der Waals surface area contributed by atoms with Crippen LogP contribution in [0.5, 0.6) is 0 Å². The van der Waals surface area contributed by atoms with Crippen molar-refractivity contribution in [3.05, 3.63) is 30.3 Å². The molecule has 0 spiro atoms. The van der Waals surface area contributed by atoms with Crippen molar-refractivity contribution in [3.8, 4) is 0 Å². The minimum Gasteiger partial charge on any atom is -0.356 e. The van der Waals surface area contributed by atoms with Crippen molar-refractivity contribution in [2.24, 2.45) is 5.92 Å². The summed E-state index contributed by atoms with van der Waals surface area (Å²) in [6.45, 7) is 4.91. The maximum Gasteiger partial charge on any atom is 0.244 e. The molecule has 118 valence electrons. The molecule has 2 aliphatic rings. The third kappa shape index (κ3) is 3.14. The van der Waals surface area contributed by atoms with Crippen LogP contribution in [0, 0.1) is 5.92 Å². The summed E-state index contributed by atoms with van der Waals surface area (Å²) in [5.74, 6) is 0.694. The number of anilines is 1. The van der Waals surface area contributed by atoms with Crippen LogP contribution >= 0.6 is 0 Å². The fraction of sp³-hybridized carbons (Fsp3) is 0.529. The van der Waals surface area contributed by atoms with Crippen LogP contribution in [0.1, 0.15) is 19.8 Å². The van der Waals surface area contributed by atoms with Crippen molar-refractivity contribution >= 4 is 17.5 Å². The largest absolute Gasteiger partial charge is 0.356 e. The van der Waals surface area contributed by atoms with Crippen molar-refractivity contribution in [2.45, 2.75) is 25.8 Å². The zero-order chi connectivity index (χ0) is 15.5. The number of hydrogen-bond acceptors (Lipinski definition) is 3. The molecular weight excluding hydrogens is 278 g/mol. The van der Waals surface area contributed by atoms with Gasteiger partial charge in [-0.05, 0) is 37.4 Å². The molecule has 1 aromatic rings. The van der Waals surface area contributed by atoms with E-state index in [1.54, 1.807) is 6.92 Å². The average molecular weight is 301 g/mol. The van der Waals surface area contributed by atoms with E-state index in [0.717, 1.165) is 44.7 Å². The first-order valence-electron chi connectivity index (χ1n) is 8.00. The average Bonchev–Trinajstić information content (AvgIpc) is 3.12. The predicted molar refractivity (Wildman–Crippen MR) is 85.6 cm³/mol. The minimum absolute atomic E-state index is 0.00235. The summed E-state index contributed by atoms with van der Waals surface area (Å²) >= 11 is 0. The molecule has 0 aliphatic carbocycles. The molecule has 0 unspecified atom stereocenters. The van der Waals surface area contributed by atoms with Crippen molar-refractivity contribution < 1.29 is 9.59 Å². The number of para-hydroxylation sites is 1. The van der Waals surface area contributed by atoms with E-state index >= 15 is 0 Å². The van der Waals surface area contributed by atoms with Crippen molar-refractivity contribution in [3.63, 3.8) is 0 Å². The summed E-state index contributed by atoms with van der Waals surface area (Å²) in [5, 5.41) is 2.88. The number of hydrogen-bond donors (Lipinski definition) is 1. The molecule has 2 heterocycles. The highest BCUT2D eigenvalue weighted by Crippen LogP contribution is 2.27. The number of carbonyl (C=O) groups is 2. The highest BCUT2D eigenvalue weighted by atomic mass is 16.2. The molecule has 2 aliphatic heterocycles. The number of amides is 2. The van der Waals surface area contributed by atoms with E-state index in [1.807, 2.05) is 35.2 Å². The number of nitrogens with zero attached hydrogens (tertiary/aromatic N) is 2. The third-order valence-electron chi connectivity index (χ3n) is 4.64.